The van der Waals surface area contributed by atoms with Gasteiger partial charge in [0.05, 0.1) is 5.56 Å². The molecule has 0 unspecified atom stereocenters. The van der Waals surface area contributed by atoms with Crippen LogP contribution in [-0.2, 0) is 6.61 Å². The smallest absolute Gasteiger partial charge is 0.197 e. The van der Waals surface area contributed by atoms with Crippen LogP contribution in [0, 0.1) is 0 Å². The minimum atomic E-state index is -0.0302. The summed E-state index contributed by atoms with van der Waals surface area (Å²) >= 11 is 0. The van der Waals surface area contributed by atoms with E-state index in [1.807, 2.05) is 97.9 Å². The highest BCUT2D eigenvalue weighted by Crippen LogP contribution is 2.24. The van der Waals surface area contributed by atoms with Crippen LogP contribution in [0.4, 0.5) is 0 Å². The summed E-state index contributed by atoms with van der Waals surface area (Å²) in [5, 5.41) is 0. The molecule has 0 bridgehead atoms. The van der Waals surface area contributed by atoms with Crippen molar-refractivity contribution in [1.82, 2.24) is 0 Å². The van der Waals surface area contributed by atoms with Crippen molar-refractivity contribution >= 4 is 11.9 Å². The molecule has 0 fully saturated rings. The van der Waals surface area contributed by atoms with E-state index < -0.39 is 0 Å². The maximum atomic E-state index is 13.1. The number of hydrogen-bond donors (Lipinski definition) is 0. The van der Waals surface area contributed by atoms with Gasteiger partial charge in [0.15, 0.2) is 5.78 Å². The van der Waals surface area contributed by atoms with E-state index in [1.54, 1.807) is 0 Å². The SMILES string of the molecule is C/C=C/c1ccccc1C(=O)c1ccccc1OCc1ccccc1. The summed E-state index contributed by atoms with van der Waals surface area (Å²) in [6.07, 6.45) is 3.88. The summed E-state index contributed by atoms with van der Waals surface area (Å²) in [6, 6.07) is 25.0. The van der Waals surface area contributed by atoms with Gasteiger partial charge in [-0.2, -0.15) is 0 Å². The van der Waals surface area contributed by atoms with E-state index in [1.165, 1.54) is 0 Å². The van der Waals surface area contributed by atoms with Crippen LogP contribution in [0.1, 0.15) is 34.0 Å². The molecule has 0 heterocycles. The monoisotopic (exact) mass is 328 g/mol. The molecule has 0 aromatic heterocycles. The van der Waals surface area contributed by atoms with Gasteiger partial charge in [0.2, 0.25) is 0 Å². The van der Waals surface area contributed by atoms with E-state index in [-0.39, 0.29) is 5.78 Å². The highest BCUT2D eigenvalue weighted by molar-refractivity contribution is 6.12. The third-order valence-corrected chi connectivity index (χ3v) is 3.92. The number of benzene rings is 3. The molecule has 0 aliphatic carbocycles. The van der Waals surface area contributed by atoms with Gasteiger partial charge in [0.1, 0.15) is 12.4 Å². The van der Waals surface area contributed by atoms with Crippen molar-refractivity contribution in [2.75, 3.05) is 0 Å². The highest BCUT2D eigenvalue weighted by atomic mass is 16.5. The van der Waals surface area contributed by atoms with Crippen molar-refractivity contribution < 1.29 is 9.53 Å². The molecular weight excluding hydrogens is 308 g/mol. The number of allylic oxidation sites excluding steroid dienone is 1. The summed E-state index contributed by atoms with van der Waals surface area (Å²) in [4.78, 5) is 13.1. The van der Waals surface area contributed by atoms with Gasteiger partial charge in [-0.15, -0.1) is 0 Å². The molecule has 0 aliphatic heterocycles. The summed E-state index contributed by atoms with van der Waals surface area (Å²) in [7, 11) is 0. The summed E-state index contributed by atoms with van der Waals surface area (Å²) in [5.74, 6) is 0.573. The molecule has 0 N–H and O–H groups in total. The molecule has 0 amide bonds. The molecule has 0 atom stereocenters. The third kappa shape index (κ3) is 4.04. The third-order valence-electron chi connectivity index (χ3n) is 3.92. The molecule has 3 aromatic rings. The van der Waals surface area contributed by atoms with Crippen LogP contribution >= 0.6 is 0 Å². The number of ether oxygens (including phenoxy) is 1. The van der Waals surface area contributed by atoms with Gasteiger partial charge in [-0.05, 0) is 30.2 Å². The maximum absolute atomic E-state index is 13.1. The lowest BCUT2D eigenvalue weighted by Gasteiger charge is -2.12. The second kappa shape index (κ2) is 8.11. The zero-order valence-corrected chi connectivity index (χ0v) is 14.2. The Morgan fingerprint density at radius 3 is 2.24 bits per heavy atom. The molecule has 124 valence electrons. The van der Waals surface area contributed by atoms with Gasteiger partial charge in [0, 0.05) is 5.56 Å². The normalized spacial score (nSPS) is 10.8. The fraction of sp³-hybridized carbons (Fsp3) is 0.0870. The predicted octanol–water partition coefficient (Wildman–Crippen LogP) is 5.53. The number of rotatable bonds is 6. The molecule has 25 heavy (non-hydrogen) atoms. The minimum Gasteiger partial charge on any atom is -0.488 e. The minimum absolute atomic E-state index is 0.0302. The maximum Gasteiger partial charge on any atom is 0.197 e. The largest absolute Gasteiger partial charge is 0.488 e. The van der Waals surface area contributed by atoms with Crippen LogP contribution in [0.5, 0.6) is 5.75 Å². The van der Waals surface area contributed by atoms with E-state index in [9.17, 15) is 4.79 Å². The van der Waals surface area contributed by atoms with Crippen molar-refractivity contribution in [1.29, 1.82) is 0 Å². The number of carbonyl (C=O) groups is 1. The highest BCUT2D eigenvalue weighted by Gasteiger charge is 2.16. The topological polar surface area (TPSA) is 26.3 Å². The Morgan fingerprint density at radius 2 is 1.48 bits per heavy atom. The lowest BCUT2D eigenvalue weighted by Crippen LogP contribution is -2.07. The Balaban J connectivity index is 1.89. The lowest BCUT2D eigenvalue weighted by molar-refractivity contribution is 0.103. The first-order chi connectivity index (χ1) is 12.3. The van der Waals surface area contributed by atoms with Crippen LogP contribution in [0.15, 0.2) is 84.9 Å². The van der Waals surface area contributed by atoms with E-state index in [0.29, 0.717) is 23.5 Å². The van der Waals surface area contributed by atoms with Crippen molar-refractivity contribution in [3.8, 4) is 5.75 Å². The fourth-order valence-corrected chi connectivity index (χ4v) is 2.69. The Hall–Kier alpha value is -3.13. The molecule has 2 heteroatoms. The molecule has 3 rings (SSSR count). The van der Waals surface area contributed by atoms with Crippen molar-refractivity contribution in [3.05, 3.63) is 107 Å². The lowest BCUT2D eigenvalue weighted by atomic mass is 9.97. The summed E-state index contributed by atoms with van der Waals surface area (Å²) in [5.41, 5.74) is 3.23. The first kappa shape index (κ1) is 16.7. The van der Waals surface area contributed by atoms with E-state index >= 15 is 0 Å². The Labute approximate surface area is 148 Å². The van der Waals surface area contributed by atoms with Gasteiger partial charge < -0.3 is 4.74 Å². The van der Waals surface area contributed by atoms with Crippen LogP contribution in [0.25, 0.3) is 6.08 Å². The van der Waals surface area contributed by atoms with Crippen molar-refractivity contribution in [2.24, 2.45) is 0 Å². The molecule has 0 saturated heterocycles. The second-order valence-corrected chi connectivity index (χ2v) is 5.69. The van der Waals surface area contributed by atoms with Crippen LogP contribution in [0.3, 0.4) is 0 Å². The number of hydrogen-bond acceptors (Lipinski definition) is 2. The zero-order chi connectivity index (χ0) is 17.5. The van der Waals surface area contributed by atoms with Crippen molar-refractivity contribution in [3.63, 3.8) is 0 Å². The van der Waals surface area contributed by atoms with Crippen LogP contribution < -0.4 is 4.74 Å². The molecular formula is C23H20O2. The number of para-hydroxylation sites is 1. The quantitative estimate of drug-likeness (QED) is 0.556. The first-order valence-electron chi connectivity index (χ1n) is 8.32. The van der Waals surface area contributed by atoms with Gasteiger partial charge in [-0.3, -0.25) is 4.79 Å². The van der Waals surface area contributed by atoms with E-state index in [2.05, 4.69) is 0 Å². The average molecular weight is 328 g/mol. The fourth-order valence-electron chi connectivity index (χ4n) is 2.69. The van der Waals surface area contributed by atoms with Gasteiger partial charge in [0.25, 0.3) is 0 Å². The average Bonchev–Trinajstić information content (AvgIpc) is 2.68. The zero-order valence-electron chi connectivity index (χ0n) is 14.2. The Bertz CT molecular complexity index is 879. The van der Waals surface area contributed by atoms with Crippen molar-refractivity contribution in [2.45, 2.75) is 13.5 Å². The molecule has 0 radical (unpaired) electrons. The van der Waals surface area contributed by atoms with E-state index in [0.717, 1.165) is 11.1 Å². The molecule has 0 saturated carbocycles. The molecule has 0 spiro atoms. The van der Waals surface area contributed by atoms with Gasteiger partial charge >= 0.3 is 0 Å². The van der Waals surface area contributed by atoms with Gasteiger partial charge in [-0.25, -0.2) is 0 Å². The predicted molar refractivity (Wildman–Crippen MR) is 102 cm³/mol. The van der Waals surface area contributed by atoms with Gasteiger partial charge in [-0.1, -0.05) is 78.9 Å². The molecule has 2 nitrogen and oxygen atoms in total. The first-order valence-corrected chi connectivity index (χ1v) is 8.32. The Morgan fingerprint density at radius 1 is 0.840 bits per heavy atom. The van der Waals surface area contributed by atoms with E-state index in [4.69, 9.17) is 4.74 Å². The summed E-state index contributed by atoms with van der Waals surface area (Å²) in [6.45, 7) is 2.37. The van der Waals surface area contributed by atoms with Crippen LogP contribution in [0.2, 0.25) is 0 Å². The molecule has 0 aliphatic rings. The van der Waals surface area contributed by atoms with Crippen LogP contribution in [-0.4, -0.2) is 5.78 Å². The standard InChI is InChI=1S/C23H20O2/c1-2-10-19-13-6-7-14-20(19)23(24)21-15-8-9-16-22(21)25-17-18-11-4-3-5-12-18/h2-16H,17H2,1H3/b10-2+. The molecule has 3 aromatic carbocycles. The Kier molecular flexibility index (Phi) is 5.43. The number of ketones is 1. The number of carbonyl (C=O) groups excluding carboxylic acids is 1. The summed E-state index contributed by atoms with van der Waals surface area (Å²) < 4.78 is 5.93. The second-order valence-electron chi connectivity index (χ2n) is 5.69.